The number of hydrogen-bond donors (Lipinski definition) is 3. The largest absolute Gasteiger partial charge is 0.379 e. The van der Waals surface area contributed by atoms with E-state index in [0.717, 1.165) is 33.3 Å². The fraction of sp³-hybridized carbons (Fsp3) is 0.0455. The summed E-state index contributed by atoms with van der Waals surface area (Å²) in [6, 6.07) is 19.1. The minimum atomic E-state index is -0.526. The van der Waals surface area contributed by atoms with Crippen molar-refractivity contribution in [3.8, 4) is 11.1 Å². The van der Waals surface area contributed by atoms with Crippen molar-refractivity contribution in [2.75, 3.05) is 5.32 Å². The molecule has 0 saturated heterocycles. The molecule has 0 bridgehead atoms. The van der Waals surface area contributed by atoms with E-state index in [4.69, 9.17) is 5.21 Å². The fourth-order valence-electron chi connectivity index (χ4n) is 3.03. The number of aromatic nitrogens is 2. The van der Waals surface area contributed by atoms with Crippen molar-refractivity contribution in [2.45, 2.75) is 6.54 Å². The van der Waals surface area contributed by atoms with E-state index >= 15 is 0 Å². The molecule has 28 heavy (non-hydrogen) atoms. The molecule has 0 unspecified atom stereocenters. The van der Waals surface area contributed by atoms with Gasteiger partial charge in [0.15, 0.2) is 0 Å². The first kappa shape index (κ1) is 17.6. The highest BCUT2D eigenvalue weighted by Crippen LogP contribution is 2.26. The van der Waals surface area contributed by atoms with Gasteiger partial charge in [-0.15, -0.1) is 0 Å². The first-order valence-corrected chi connectivity index (χ1v) is 8.81. The zero-order chi connectivity index (χ0) is 19.3. The van der Waals surface area contributed by atoms with Crippen LogP contribution < -0.4 is 10.8 Å². The molecule has 0 aliphatic carbocycles. The summed E-state index contributed by atoms with van der Waals surface area (Å²) < 4.78 is 0. The number of benzene rings is 2. The maximum absolute atomic E-state index is 11.4. The van der Waals surface area contributed by atoms with Crippen molar-refractivity contribution in [3.63, 3.8) is 0 Å². The summed E-state index contributed by atoms with van der Waals surface area (Å²) in [6.07, 6.45) is 5.43. The zero-order valence-corrected chi connectivity index (χ0v) is 15.0. The number of hydrogen-bond acceptors (Lipinski definition) is 5. The quantitative estimate of drug-likeness (QED) is 0.365. The molecular formula is C22H18N4O2. The summed E-state index contributed by atoms with van der Waals surface area (Å²) in [7, 11) is 0. The van der Waals surface area contributed by atoms with Gasteiger partial charge in [-0.1, -0.05) is 30.3 Å². The molecule has 4 rings (SSSR count). The number of fused-ring (bicyclic) bond motifs is 1. The Balaban J connectivity index is 1.55. The van der Waals surface area contributed by atoms with Crippen LogP contribution in [0.25, 0.3) is 22.0 Å². The van der Waals surface area contributed by atoms with E-state index in [-0.39, 0.29) is 0 Å². The Kier molecular flexibility index (Phi) is 4.95. The van der Waals surface area contributed by atoms with Crippen LogP contribution in [0.1, 0.15) is 15.9 Å². The van der Waals surface area contributed by atoms with Crippen LogP contribution in [-0.4, -0.2) is 21.1 Å². The molecule has 0 radical (unpaired) electrons. The van der Waals surface area contributed by atoms with Crippen molar-refractivity contribution in [1.29, 1.82) is 0 Å². The third kappa shape index (κ3) is 3.67. The number of nitrogens with one attached hydrogen (secondary N) is 2. The fourth-order valence-corrected chi connectivity index (χ4v) is 3.03. The maximum atomic E-state index is 11.4. The Labute approximate surface area is 161 Å². The van der Waals surface area contributed by atoms with Crippen molar-refractivity contribution >= 4 is 22.5 Å². The van der Waals surface area contributed by atoms with E-state index in [2.05, 4.69) is 21.4 Å². The number of rotatable bonds is 5. The third-order valence-electron chi connectivity index (χ3n) is 4.51. The van der Waals surface area contributed by atoms with Gasteiger partial charge in [0.05, 0.1) is 11.2 Å². The molecule has 0 fully saturated rings. The molecule has 2 heterocycles. The van der Waals surface area contributed by atoms with Gasteiger partial charge in [0.25, 0.3) is 5.91 Å². The number of carbonyl (C=O) groups excluding carboxylic acids is 1. The van der Waals surface area contributed by atoms with Crippen LogP contribution in [0.2, 0.25) is 0 Å². The number of para-hydroxylation sites is 1. The van der Waals surface area contributed by atoms with Crippen LogP contribution in [0.3, 0.4) is 0 Å². The van der Waals surface area contributed by atoms with Gasteiger partial charge in [0, 0.05) is 47.2 Å². The molecule has 1 amide bonds. The second-order valence-corrected chi connectivity index (χ2v) is 6.33. The summed E-state index contributed by atoms with van der Waals surface area (Å²) >= 11 is 0. The van der Waals surface area contributed by atoms with Gasteiger partial charge in [-0.05, 0) is 35.9 Å². The smallest absolute Gasteiger partial charge is 0.274 e. The normalized spacial score (nSPS) is 10.6. The van der Waals surface area contributed by atoms with Crippen LogP contribution in [-0.2, 0) is 6.54 Å². The van der Waals surface area contributed by atoms with Gasteiger partial charge in [-0.2, -0.15) is 0 Å². The van der Waals surface area contributed by atoms with Crippen molar-refractivity contribution < 1.29 is 10.0 Å². The Bertz CT molecular complexity index is 1110. The molecule has 2 aromatic carbocycles. The van der Waals surface area contributed by atoms with Crippen molar-refractivity contribution in [3.05, 3.63) is 90.4 Å². The number of carbonyl (C=O) groups is 1. The molecule has 4 aromatic rings. The molecule has 6 nitrogen and oxygen atoms in total. The predicted octanol–water partition coefficient (Wildman–Crippen LogP) is 4.03. The van der Waals surface area contributed by atoms with E-state index in [0.29, 0.717) is 12.1 Å². The number of amides is 1. The average molecular weight is 370 g/mol. The molecule has 0 spiro atoms. The highest BCUT2D eigenvalue weighted by Gasteiger charge is 2.06. The molecule has 6 heteroatoms. The third-order valence-corrected chi connectivity index (χ3v) is 4.51. The molecule has 0 saturated carbocycles. The van der Waals surface area contributed by atoms with E-state index in [1.165, 1.54) is 0 Å². The van der Waals surface area contributed by atoms with Gasteiger partial charge >= 0.3 is 0 Å². The number of pyridine rings is 2. The summed E-state index contributed by atoms with van der Waals surface area (Å²) in [4.78, 5) is 20.2. The topological polar surface area (TPSA) is 87.1 Å². The molecule has 0 aliphatic rings. The Morgan fingerprint density at radius 1 is 0.964 bits per heavy atom. The lowest BCUT2D eigenvalue weighted by Crippen LogP contribution is -2.18. The number of hydroxylamine groups is 1. The van der Waals surface area contributed by atoms with Crippen LogP contribution >= 0.6 is 0 Å². The Hall–Kier alpha value is -3.77. The number of anilines is 1. The van der Waals surface area contributed by atoms with Crippen LogP contribution in [0.15, 0.2) is 79.3 Å². The summed E-state index contributed by atoms with van der Waals surface area (Å²) in [5.41, 5.74) is 6.93. The lowest BCUT2D eigenvalue weighted by molar-refractivity contribution is 0.0706. The monoisotopic (exact) mass is 370 g/mol. The average Bonchev–Trinajstić information content (AvgIpc) is 2.77. The summed E-state index contributed by atoms with van der Waals surface area (Å²) in [6.45, 7) is 0.589. The lowest BCUT2D eigenvalue weighted by atomic mass is 10.1. The second kappa shape index (κ2) is 7.85. The lowest BCUT2D eigenvalue weighted by Gasteiger charge is -2.11. The Morgan fingerprint density at radius 3 is 2.57 bits per heavy atom. The maximum Gasteiger partial charge on any atom is 0.274 e. The predicted molar refractivity (Wildman–Crippen MR) is 108 cm³/mol. The highest BCUT2D eigenvalue weighted by molar-refractivity contribution is 5.93. The highest BCUT2D eigenvalue weighted by atomic mass is 16.5. The zero-order valence-electron chi connectivity index (χ0n) is 15.0. The van der Waals surface area contributed by atoms with E-state index in [1.807, 2.05) is 54.9 Å². The molecule has 0 atom stereocenters. The van der Waals surface area contributed by atoms with Crippen LogP contribution in [0.4, 0.5) is 5.69 Å². The second-order valence-electron chi connectivity index (χ2n) is 6.33. The molecular weight excluding hydrogens is 352 g/mol. The number of nitrogens with zero attached hydrogens (tertiary/aromatic N) is 2. The standard InChI is InChI=1S/C22H18N4O2/c27-22(26-28)16-8-6-15(7-9-16)12-24-20-5-1-3-17-11-19(14-25-21(17)20)18-4-2-10-23-13-18/h1-11,13-14,24,28H,12H2,(H,26,27). The molecule has 138 valence electrons. The van der Waals surface area contributed by atoms with Crippen molar-refractivity contribution in [1.82, 2.24) is 15.4 Å². The summed E-state index contributed by atoms with van der Waals surface area (Å²) in [5.74, 6) is -0.526. The van der Waals surface area contributed by atoms with E-state index in [9.17, 15) is 4.79 Å². The first-order chi connectivity index (χ1) is 13.7. The van der Waals surface area contributed by atoms with Gasteiger partial charge in [-0.25, -0.2) is 5.48 Å². The SMILES string of the molecule is O=C(NO)c1ccc(CNc2cccc3cc(-c4cccnc4)cnc23)cc1. The minimum absolute atomic E-state index is 0.404. The van der Waals surface area contributed by atoms with Gasteiger partial charge in [-0.3, -0.25) is 20.0 Å². The van der Waals surface area contributed by atoms with E-state index < -0.39 is 5.91 Å². The van der Waals surface area contributed by atoms with Crippen LogP contribution in [0, 0.1) is 0 Å². The van der Waals surface area contributed by atoms with E-state index in [1.54, 1.807) is 23.8 Å². The summed E-state index contributed by atoms with van der Waals surface area (Å²) in [5, 5.41) is 13.1. The molecule has 3 N–H and O–H groups in total. The molecule has 2 aromatic heterocycles. The minimum Gasteiger partial charge on any atom is -0.379 e. The van der Waals surface area contributed by atoms with Crippen LogP contribution in [0.5, 0.6) is 0 Å². The molecule has 0 aliphatic heterocycles. The van der Waals surface area contributed by atoms with Gasteiger partial charge < -0.3 is 5.32 Å². The first-order valence-electron chi connectivity index (χ1n) is 8.81. The Morgan fingerprint density at radius 2 is 1.82 bits per heavy atom. The van der Waals surface area contributed by atoms with Gasteiger partial charge in [0.1, 0.15) is 0 Å². The van der Waals surface area contributed by atoms with Crippen molar-refractivity contribution in [2.24, 2.45) is 0 Å². The van der Waals surface area contributed by atoms with Gasteiger partial charge in [0.2, 0.25) is 0 Å².